The van der Waals surface area contributed by atoms with Gasteiger partial charge in [0.15, 0.2) is 0 Å². The zero-order chi connectivity index (χ0) is 13.1. The van der Waals surface area contributed by atoms with E-state index < -0.39 is 18.3 Å². The van der Waals surface area contributed by atoms with Crippen LogP contribution in [0.1, 0.15) is 26.7 Å². The molecule has 0 aromatic rings. The Labute approximate surface area is 100.0 Å². The fourth-order valence-electron chi connectivity index (χ4n) is 2.08. The van der Waals surface area contributed by atoms with E-state index in [2.05, 4.69) is 5.32 Å². The van der Waals surface area contributed by atoms with Crippen LogP contribution in [0.2, 0.25) is 0 Å². The van der Waals surface area contributed by atoms with Gasteiger partial charge in [0.1, 0.15) is 0 Å². The summed E-state index contributed by atoms with van der Waals surface area (Å²) in [6.45, 7) is 3.89. The second-order valence-corrected chi connectivity index (χ2v) is 5.09. The fraction of sp³-hybridized carbons (Fsp3) is 1.00. The van der Waals surface area contributed by atoms with Crippen molar-refractivity contribution in [2.75, 3.05) is 26.2 Å². The third-order valence-electron chi connectivity index (χ3n) is 3.14. The minimum Gasteiger partial charge on any atom is -0.388 e. The summed E-state index contributed by atoms with van der Waals surface area (Å²) in [5.41, 5.74) is -0.985. The van der Waals surface area contributed by atoms with Gasteiger partial charge in [-0.25, -0.2) is 0 Å². The van der Waals surface area contributed by atoms with E-state index >= 15 is 0 Å². The fourth-order valence-corrected chi connectivity index (χ4v) is 2.08. The summed E-state index contributed by atoms with van der Waals surface area (Å²) in [6.07, 6.45) is -3.20. The first kappa shape index (κ1) is 14.7. The summed E-state index contributed by atoms with van der Waals surface area (Å²) in [5.74, 6) is 0. The molecule has 1 fully saturated rings. The van der Waals surface area contributed by atoms with Crippen molar-refractivity contribution in [3.63, 3.8) is 0 Å². The Morgan fingerprint density at radius 3 is 2.24 bits per heavy atom. The van der Waals surface area contributed by atoms with E-state index in [0.717, 1.165) is 0 Å². The van der Waals surface area contributed by atoms with E-state index in [0.29, 0.717) is 25.9 Å². The molecule has 0 bridgehead atoms. The molecule has 2 N–H and O–H groups in total. The lowest BCUT2D eigenvalue weighted by atomic mass is 9.91. The first-order chi connectivity index (χ1) is 7.72. The normalized spacial score (nSPS) is 21.2. The van der Waals surface area contributed by atoms with Crippen LogP contribution in [0.25, 0.3) is 0 Å². The minimum absolute atomic E-state index is 0.0891. The number of alkyl halides is 3. The van der Waals surface area contributed by atoms with Crippen molar-refractivity contribution in [1.29, 1.82) is 0 Å². The van der Waals surface area contributed by atoms with E-state index in [4.69, 9.17) is 0 Å². The molecule has 1 rings (SSSR count). The maximum Gasteiger partial charge on any atom is 0.401 e. The van der Waals surface area contributed by atoms with Crippen LogP contribution in [-0.2, 0) is 0 Å². The molecule has 0 atom stereocenters. The van der Waals surface area contributed by atoms with Crippen LogP contribution in [0.4, 0.5) is 13.2 Å². The summed E-state index contributed by atoms with van der Waals surface area (Å²) >= 11 is 0. The number of nitrogens with zero attached hydrogens (tertiary/aromatic N) is 1. The number of rotatable bonds is 4. The van der Waals surface area contributed by atoms with Crippen molar-refractivity contribution in [3.8, 4) is 0 Å². The van der Waals surface area contributed by atoms with Crippen LogP contribution in [-0.4, -0.2) is 54.0 Å². The number of nitrogens with one attached hydrogen (secondary N) is 1. The molecule has 0 amide bonds. The van der Waals surface area contributed by atoms with Crippen molar-refractivity contribution in [2.24, 2.45) is 0 Å². The molecule has 0 spiro atoms. The summed E-state index contributed by atoms with van der Waals surface area (Å²) in [4.78, 5) is 1.30. The summed E-state index contributed by atoms with van der Waals surface area (Å²) < 4.78 is 37.2. The molecule has 0 aromatic carbocycles. The number of aliphatic hydroxyl groups is 1. The van der Waals surface area contributed by atoms with Crippen LogP contribution in [0.5, 0.6) is 0 Å². The van der Waals surface area contributed by atoms with Crippen LogP contribution in [0, 0.1) is 0 Å². The Morgan fingerprint density at radius 1 is 1.29 bits per heavy atom. The quantitative estimate of drug-likeness (QED) is 0.795. The highest BCUT2D eigenvalue weighted by atomic mass is 19.4. The molecule has 0 aromatic heterocycles. The predicted octanol–water partition coefficient (Wildman–Crippen LogP) is 1.37. The largest absolute Gasteiger partial charge is 0.401 e. The van der Waals surface area contributed by atoms with E-state index in [1.165, 1.54) is 4.90 Å². The molecule has 102 valence electrons. The van der Waals surface area contributed by atoms with Crippen LogP contribution < -0.4 is 5.32 Å². The first-order valence-electron chi connectivity index (χ1n) is 5.96. The highest BCUT2D eigenvalue weighted by Crippen LogP contribution is 2.24. The van der Waals surface area contributed by atoms with E-state index in [9.17, 15) is 18.3 Å². The van der Waals surface area contributed by atoms with Gasteiger partial charge in [0.2, 0.25) is 0 Å². The molecule has 1 aliphatic rings. The number of piperidine rings is 1. The van der Waals surface area contributed by atoms with Crippen LogP contribution in [0.3, 0.4) is 0 Å². The first-order valence-corrected chi connectivity index (χ1v) is 5.96. The second-order valence-electron chi connectivity index (χ2n) is 5.09. The lowest BCUT2D eigenvalue weighted by Crippen LogP contribution is -2.53. The van der Waals surface area contributed by atoms with Crippen LogP contribution in [0.15, 0.2) is 0 Å². The summed E-state index contributed by atoms with van der Waals surface area (Å²) in [6, 6.07) is -0.226. The third-order valence-corrected chi connectivity index (χ3v) is 3.14. The molecular formula is C11H21F3N2O. The van der Waals surface area contributed by atoms with Gasteiger partial charge in [-0.2, -0.15) is 13.2 Å². The molecule has 0 unspecified atom stereocenters. The number of halogens is 3. The Kier molecular flexibility index (Phi) is 4.80. The van der Waals surface area contributed by atoms with Gasteiger partial charge in [-0.1, -0.05) is 0 Å². The maximum absolute atomic E-state index is 12.4. The Bertz CT molecular complexity index is 237. The SMILES string of the molecule is CC(C)N(CC(F)(F)F)CC1(O)CCNCC1. The van der Waals surface area contributed by atoms with Gasteiger partial charge in [-0.15, -0.1) is 0 Å². The van der Waals surface area contributed by atoms with Crippen molar-refractivity contribution >= 4 is 0 Å². The molecule has 0 aliphatic carbocycles. The number of hydrogen-bond donors (Lipinski definition) is 2. The standard InChI is InChI=1S/C11H21F3N2O/c1-9(2)16(8-11(12,13)14)7-10(17)3-5-15-6-4-10/h9,15,17H,3-8H2,1-2H3. The highest BCUT2D eigenvalue weighted by Gasteiger charge is 2.37. The smallest absolute Gasteiger partial charge is 0.388 e. The molecule has 1 saturated heterocycles. The highest BCUT2D eigenvalue weighted by molar-refractivity contribution is 4.88. The lowest BCUT2D eigenvalue weighted by Gasteiger charge is -2.39. The predicted molar refractivity (Wildman–Crippen MR) is 59.8 cm³/mol. The van der Waals surface area contributed by atoms with E-state index in [1.54, 1.807) is 13.8 Å². The molecular weight excluding hydrogens is 233 g/mol. The Morgan fingerprint density at radius 2 is 1.82 bits per heavy atom. The Balaban J connectivity index is 2.59. The molecule has 1 aliphatic heterocycles. The van der Waals surface area contributed by atoms with Crippen molar-refractivity contribution in [3.05, 3.63) is 0 Å². The van der Waals surface area contributed by atoms with Gasteiger partial charge >= 0.3 is 6.18 Å². The Hall–Kier alpha value is -0.330. The summed E-state index contributed by atoms with van der Waals surface area (Å²) in [5, 5.41) is 13.3. The average Bonchev–Trinajstić information content (AvgIpc) is 2.15. The summed E-state index contributed by atoms with van der Waals surface area (Å²) in [7, 11) is 0. The van der Waals surface area contributed by atoms with Crippen molar-refractivity contribution in [1.82, 2.24) is 10.2 Å². The minimum atomic E-state index is -4.21. The second kappa shape index (κ2) is 5.54. The maximum atomic E-state index is 12.4. The average molecular weight is 254 g/mol. The van der Waals surface area contributed by atoms with Gasteiger partial charge in [0.05, 0.1) is 12.1 Å². The van der Waals surface area contributed by atoms with Gasteiger partial charge in [0.25, 0.3) is 0 Å². The van der Waals surface area contributed by atoms with Gasteiger partial charge in [0, 0.05) is 12.6 Å². The van der Waals surface area contributed by atoms with E-state index in [-0.39, 0.29) is 12.6 Å². The van der Waals surface area contributed by atoms with E-state index in [1.807, 2.05) is 0 Å². The number of hydrogen-bond acceptors (Lipinski definition) is 3. The molecule has 17 heavy (non-hydrogen) atoms. The molecule has 3 nitrogen and oxygen atoms in total. The molecule has 0 radical (unpaired) electrons. The van der Waals surface area contributed by atoms with Crippen LogP contribution >= 0.6 is 0 Å². The third kappa shape index (κ3) is 5.23. The van der Waals surface area contributed by atoms with Gasteiger partial charge in [-0.05, 0) is 39.8 Å². The lowest BCUT2D eigenvalue weighted by molar-refractivity contribution is -0.158. The monoisotopic (exact) mass is 254 g/mol. The molecule has 6 heteroatoms. The molecule has 0 saturated carbocycles. The molecule has 1 heterocycles. The van der Waals surface area contributed by atoms with Gasteiger partial charge in [-0.3, -0.25) is 4.90 Å². The zero-order valence-corrected chi connectivity index (χ0v) is 10.3. The zero-order valence-electron chi connectivity index (χ0n) is 10.3. The topological polar surface area (TPSA) is 35.5 Å². The van der Waals surface area contributed by atoms with Crippen molar-refractivity contribution < 1.29 is 18.3 Å². The van der Waals surface area contributed by atoms with Crippen molar-refractivity contribution in [2.45, 2.75) is 44.5 Å². The van der Waals surface area contributed by atoms with Gasteiger partial charge < -0.3 is 10.4 Å².